The van der Waals surface area contributed by atoms with Crippen molar-refractivity contribution in [1.29, 1.82) is 5.26 Å². The number of hydrogen-bond donors (Lipinski definition) is 0. The number of piperazine rings is 1. The second kappa shape index (κ2) is 8.04. The summed E-state index contributed by atoms with van der Waals surface area (Å²) in [5, 5.41) is 12.7. The van der Waals surface area contributed by atoms with Gasteiger partial charge >= 0.3 is 0 Å². The summed E-state index contributed by atoms with van der Waals surface area (Å²) in [6.07, 6.45) is 1.60. The van der Waals surface area contributed by atoms with Gasteiger partial charge in [0, 0.05) is 38.2 Å². The van der Waals surface area contributed by atoms with E-state index in [0.717, 1.165) is 44.7 Å². The molecule has 6 heteroatoms. The summed E-state index contributed by atoms with van der Waals surface area (Å²) in [6, 6.07) is 10.3. The van der Waals surface area contributed by atoms with Crippen LogP contribution in [0, 0.1) is 18.3 Å². The molecule has 0 unspecified atom stereocenters. The number of aromatic nitrogens is 2. The molecule has 0 spiro atoms. The van der Waals surface area contributed by atoms with E-state index in [1.165, 1.54) is 5.56 Å². The first-order valence-electron chi connectivity index (χ1n) is 8.46. The van der Waals surface area contributed by atoms with Crippen LogP contribution in [-0.2, 0) is 6.54 Å². The molecule has 126 valence electrons. The van der Waals surface area contributed by atoms with Crippen LogP contribution in [0.1, 0.15) is 24.3 Å². The SMILES string of the molecule is Cc1ccc(-c2noc(CN3CCN(CCCC#N)CC3)n2)cc1. The van der Waals surface area contributed by atoms with Crippen molar-refractivity contribution in [2.45, 2.75) is 26.3 Å². The van der Waals surface area contributed by atoms with Gasteiger partial charge in [0.15, 0.2) is 0 Å². The molecular formula is C18H23N5O. The maximum Gasteiger partial charge on any atom is 0.241 e. The van der Waals surface area contributed by atoms with Crippen LogP contribution in [0.3, 0.4) is 0 Å². The van der Waals surface area contributed by atoms with E-state index in [9.17, 15) is 0 Å². The average Bonchev–Trinajstić information content (AvgIpc) is 3.06. The van der Waals surface area contributed by atoms with E-state index in [0.29, 0.717) is 24.7 Å². The zero-order chi connectivity index (χ0) is 16.8. The number of nitriles is 1. The third kappa shape index (κ3) is 4.40. The van der Waals surface area contributed by atoms with Crippen LogP contribution in [0.2, 0.25) is 0 Å². The van der Waals surface area contributed by atoms with Gasteiger partial charge in [-0.05, 0) is 19.9 Å². The number of hydrogen-bond acceptors (Lipinski definition) is 6. The topological polar surface area (TPSA) is 69.2 Å². The van der Waals surface area contributed by atoms with Crippen LogP contribution in [0.25, 0.3) is 11.4 Å². The van der Waals surface area contributed by atoms with E-state index in [2.05, 4.69) is 45.1 Å². The highest BCUT2D eigenvalue weighted by Gasteiger charge is 2.19. The molecule has 3 rings (SSSR count). The monoisotopic (exact) mass is 325 g/mol. The highest BCUT2D eigenvalue weighted by atomic mass is 16.5. The van der Waals surface area contributed by atoms with Crippen LogP contribution in [0.5, 0.6) is 0 Å². The molecule has 6 nitrogen and oxygen atoms in total. The zero-order valence-electron chi connectivity index (χ0n) is 14.1. The van der Waals surface area contributed by atoms with Gasteiger partial charge in [0.2, 0.25) is 11.7 Å². The fourth-order valence-electron chi connectivity index (χ4n) is 2.88. The van der Waals surface area contributed by atoms with Crippen LogP contribution >= 0.6 is 0 Å². The van der Waals surface area contributed by atoms with Gasteiger partial charge in [-0.25, -0.2) is 0 Å². The second-order valence-corrected chi connectivity index (χ2v) is 6.26. The fraction of sp³-hybridized carbons (Fsp3) is 0.500. The molecule has 1 saturated heterocycles. The molecule has 0 saturated carbocycles. The van der Waals surface area contributed by atoms with E-state index < -0.39 is 0 Å². The molecule has 0 radical (unpaired) electrons. The summed E-state index contributed by atoms with van der Waals surface area (Å²) in [6.45, 7) is 7.83. The number of unbranched alkanes of at least 4 members (excludes halogenated alkanes) is 1. The minimum atomic E-state index is 0.643. The fourth-order valence-corrected chi connectivity index (χ4v) is 2.88. The van der Waals surface area contributed by atoms with Gasteiger partial charge in [0.05, 0.1) is 12.6 Å². The van der Waals surface area contributed by atoms with Gasteiger partial charge in [-0.2, -0.15) is 10.2 Å². The molecule has 2 aromatic rings. The highest BCUT2D eigenvalue weighted by molar-refractivity contribution is 5.54. The van der Waals surface area contributed by atoms with E-state index >= 15 is 0 Å². The summed E-state index contributed by atoms with van der Waals surface area (Å²) in [5.74, 6) is 1.32. The lowest BCUT2D eigenvalue weighted by Gasteiger charge is -2.33. The maximum absolute atomic E-state index is 8.60. The van der Waals surface area contributed by atoms with E-state index in [1.54, 1.807) is 0 Å². The van der Waals surface area contributed by atoms with Gasteiger partial charge in [-0.15, -0.1) is 0 Å². The third-order valence-corrected chi connectivity index (χ3v) is 4.36. The Morgan fingerprint density at radius 2 is 1.83 bits per heavy atom. The minimum Gasteiger partial charge on any atom is -0.338 e. The largest absolute Gasteiger partial charge is 0.338 e. The quantitative estimate of drug-likeness (QED) is 0.760. The van der Waals surface area contributed by atoms with Crippen molar-refractivity contribution in [2.24, 2.45) is 0 Å². The van der Waals surface area contributed by atoms with Gasteiger partial charge in [-0.3, -0.25) is 4.90 Å². The summed E-state index contributed by atoms with van der Waals surface area (Å²) in [5.41, 5.74) is 2.20. The van der Waals surface area contributed by atoms with Gasteiger partial charge in [-0.1, -0.05) is 35.0 Å². The lowest BCUT2D eigenvalue weighted by atomic mass is 10.1. The average molecular weight is 325 g/mol. The van der Waals surface area contributed by atoms with Crippen molar-refractivity contribution in [3.63, 3.8) is 0 Å². The van der Waals surface area contributed by atoms with Crippen LogP contribution in [0.4, 0.5) is 0 Å². The lowest BCUT2D eigenvalue weighted by Crippen LogP contribution is -2.46. The Morgan fingerprint density at radius 3 is 2.54 bits per heavy atom. The summed E-state index contributed by atoms with van der Waals surface area (Å²) in [4.78, 5) is 9.27. The number of benzene rings is 1. The maximum atomic E-state index is 8.60. The van der Waals surface area contributed by atoms with E-state index in [4.69, 9.17) is 9.78 Å². The Labute approximate surface area is 142 Å². The zero-order valence-corrected chi connectivity index (χ0v) is 14.1. The van der Waals surface area contributed by atoms with Crippen LogP contribution < -0.4 is 0 Å². The normalized spacial score (nSPS) is 16.2. The van der Waals surface area contributed by atoms with Crippen molar-refractivity contribution in [2.75, 3.05) is 32.7 Å². The summed E-state index contributed by atoms with van der Waals surface area (Å²) >= 11 is 0. The Balaban J connectivity index is 1.49. The Morgan fingerprint density at radius 1 is 1.12 bits per heavy atom. The Hall–Kier alpha value is -2.23. The molecule has 0 N–H and O–H groups in total. The van der Waals surface area contributed by atoms with Gasteiger partial charge < -0.3 is 9.42 Å². The van der Waals surface area contributed by atoms with Crippen molar-refractivity contribution in [3.05, 3.63) is 35.7 Å². The molecule has 0 aliphatic carbocycles. The van der Waals surface area contributed by atoms with Crippen LogP contribution in [0.15, 0.2) is 28.8 Å². The molecule has 1 aromatic carbocycles. The van der Waals surface area contributed by atoms with Crippen molar-refractivity contribution < 1.29 is 4.52 Å². The Kier molecular flexibility index (Phi) is 5.57. The first-order valence-corrected chi connectivity index (χ1v) is 8.46. The Bertz CT molecular complexity index is 680. The molecule has 0 bridgehead atoms. The van der Waals surface area contributed by atoms with Crippen molar-refractivity contribution in [1.82, 2.24) is 19.9 Å². The standard InChI is InChI=1S/C18H23N5O/c1-15-4-6-16(7-5-15)18-20-17(24-21-18)14-23-12-10-22(11-13-23)9-3-2-8-19/h4-7H,2-3,9-14H2,1H3. The summed E-state index contributed by atoms with van der Waals surface area (Å²) < 4.78 is 5.41. The predicted molar refractivity (Wildman–Crippen MR) is 91.0 cm³/mol. The first kappa shape index (κ1) is 16.6. The molecule has 1 aliphatic heterocycles. The molecule has 2 heterocycles. The van der Waals surface area contributed by atoms with Gasteiger partial charge in [0.25, 0.3) is 0 Å². The smallest absolute Gasteiger partial charge is 0.241 e. The molecule has 0 amide bonds. The number of nitrogens with zero attached hydrogens (tertiary/aromatic N) is 5. The third-order valence-electron chi connectivity index (χ3n) is 4.36. The van der Waals surface area contributed by atoms with Crippen LogP contribution in [-0.4, -0.2) is 52.7 Å². The predicted octanol–water partition coefficient (Wildman–Crippen LogP) is 2.47. The molecule has 1 fully saturated rings. The molecule has 0 atom stereocenters. The highest BCUT2D eigenvalue weighted by Crippen LogP contribution is 2.17. The number of rotatable bonds is 6. The van der Waals surface area contributed by atoms with Gasteiger partial charge in [0.1, 0.15) is 0 Å². The van der Waals surface area contributed by atoms with E-state index in [1.807, 2.05) is 12.1 Å². The molecule has 1 aromatic heterocycles. The van der Waals surface area contributed by atoms with E-state index in [-0.39, 0.29) is 0 Å². The van der Waals surface area contributed by atoms with Crippen molar-refractivity contribution >= 4 is 0 Å². The minimum absolute atomic E-state index is 0.643. The summed E-state index contributed by atoms with van der Waals surface area (Å²) in [7, 11) is 0. The second-order valence-electron chi connectivity index (χ2n) is 6.26. The first-order chi connectivity index (χ1) is 11.7. The molecular weight excluding hydrogens is 302 g/mol. The lowest BCUT2D eigenvalue weighted by molar-refractivity contribution is 0.116. The molecule has 1 aliphatic rings. The van der Waals surface area contributed by atoms with Crippen molar-refractivity contribution in [3.8, 4) is 17.5 Å². The number of aryl methyl sites for hydroxylation is 1. The molecule has 24 heavy (non-hydrogen) atoms.